The summed E-state index contributed by atoms with van der Waals surface area (Å²) in [6.07, 6.45) is 0.211. The molecule has 44 heavy (non-hydrogen) atoms. The van der Waals surface area contributed by atoms with Gasteiger partial charge in [0.1, 0.15) is 24.1 Å². The van der Waals surface area contributed by atoms with Gasteiger partial charge in [0.25, 0.3) is 10.0 Å². The molecule has 0 radical (unpaired) electrons. The van der Waals surface area contributed by atoms with Crippen molar-refractivity contribution >= 4 is 39.1 Å². The Morgan fingerprint density at radius 3 is 2.07 bits per heavy atom. The smallest absolute Gasteiger partial charge is 0.264 e. The fraction of sp³-hybridized carbons (Fsp3) is 0.212. The van der Waals surface area contributed by atoms with Crippen LogP contribution in [0.3, 0.4) is 0 Å². The van der Waals surface area contributed by atoms with Crippen LogP contribution in [-0.4, -0.2) is 59.0 Å². The van der Waals surface area contributed by atoms with E-state index in [0.717, 1.165) is 9.87 Å². The lowest BCUT2D eigenvalue weighted by molar-refractivity contribution is -0.139. The fourth-order valence-electron chi connectivity index (χ4n) is 4.70. The summed E-state index contributed by atoms with van der Waals surface area (Å²) < 4.78 is 39.7. The highest BCUT2D eigenvalue weighted by molar-refractivity contribution is 7.92. The van der Waals surface area contributed by atoms with Gasteiger partial charge in [0.2, 0.25) is 11.8 Å². The van der Waals surface area contributed by atoms with Crippen LogP contribution >= 0.6 is 11.6 Å². The van der Waals surface area contributed by atoms with Gasteiger partial charge in [-0.15, -0.1) is 0 Å². The number of halogens is 1. The lowest BCUT2D eigenvalue weighted by Gasteiger charge is -2.33. The quantitative estimate of drug-likeness (QED) is 0.223. The van der Waals surface area contributed by atoms with Crippen LogP contribution in [0.4, 0.5) is 5.69 Å². The summed E-state index contributed by atoms with van der Waals surface area (Å²) in [6.45, 7) is -0.555. The lowest BCUT2D eigenvalue weighted by atomic mass is 10.0. The van der Waals surface area contributed by atoms with Gasteiger partial charge in [-0.3, -0.25) is 13.9 Å². The molecule has 9 nitrogen and oxygen atoms in total. The molecule has 1 N–H and O–H groups in total. The van der Waals surface area contributed by atoms with E-state index < -0.39 is 28.5 Å². The van der Waals surface area contributed by atoms with Crippen molar-refractivity contribution in [1.29, 1.82) is 0 Å². The Labute approximate surface area is 263 Å². The zero-order valence-corrected chi connectivity index (χ0v) is 26.2. The van der Waals surface area contributed by atoms with Gasteiger partial charge in [0.05, 0.1) is 24.8 Å². The second-order valence-corrected chi connectivity index (χ2v) is 12.2. The van der Waals surface area contributed by atoms with E-state index in [1.165, 1.54) is 55.5 Å². The number of rotatable bonds is 13. The molecule has 0 aliphatic rings. The van der Waals surface area contributed by atoms with Crippen molar-refractivity contribution in [3.8, 4) is 11.5 Å². The summed E-state index contributed by atoms with van der Waals surface area (Å²) in [5.41, 5.74) is 1.78. The van der Waals surface area contributed by atoms with E-state index in [9.17, 15) is 18.0 Å². The molecule has 0 bridgehead atoms. The number of methoxy groups -OCH3 is 2. The minimum Gasteiger partial charge on any atom is -0.497 e. The molecule has 1 atom stereocenters. The summed E-state index contributed by atoms with van der Waals surface area (Å²) in [6, 6.07) is 27.6. The Hall–Kier alpha value is -4.54. The number of benzene rings is 4. The average molecular weight is 636 g/mol. The first-order valence-electron chi connectivity index (χ1n) is 13.8. The molecule has 230 valence electrons. The predicted octanol–water partition coefficient (Wildman–Crippen LogP) is 4.94. The van der Waals surface area contributed by atoms with E-state index in [1.807, 2.05) is 36.4 Å². The third-order valence-electron chi connectivity index (χ3n) is 7.05. The van der Waals surface area contributed by atoms with E-state index >= 15 is 0 Å². The van der Waals surface area contributed by atoms with E-state index in [-0.39, 0.29) is 29.5 Å². The molecule has 0 saturated heterocycles. The van der Waals surface area contributed by atoms with Crippen molar-refractivity contribution in [3.05, 3.63) is 119 Å². The van der Waals surface area contributed by atoms with Crippen molar-refractivity contribution in [2.75, 3.05) is 32.1 Å². The maximum atomic E-state index is 14.3. The first kappa shape index (κ1) is 32.4. The zero-order valence-electron chi connectivity index (χ0n) is 24.6. The summed E-state index contributed by atoms with van der Waals surface area (Å²) in [4.78, 5) is 29.1. The third kappa shape index (κ3) is 7.89. The molecular formula is C33H34ClN3O6S. The van der Waals surface area contributed by atoms with Crippen LogP contribution in [0.1, 0.15) is 11.1 Å². The molecule has 0 saturated carbocycles. The zero-order chi connectivity index (χ0) is 31.7. The number of nitrogens with zero attached hydrogens (tertiary/aromatic N) is 2. The lowest BCUT2D eigenvalue weighted by Crippen LogP contribution is -2.53. The van der Waals surface area contributed by atoms with Gasteiger partial charge in [0.15, 0.2) is 0 Å². The minimum absolute atomic E-state index is 0.0258. The molecule has 1 unspecified atom stereocenters. The Morgan fingerprint density at radius 2 is 1.45 bits per heavy atom. The number of amides is 2. The van der Waals surface area contributed by atoms with Crippen molar-refractivity contribution < 1.29 is 27.5 Å². The number of carbonyl (C=O) groups excluding carboxylic acids is 2. The molecule has 4 rings (SSSR count). The van der Waals surface area contributed by atoms with Crippen LogP contribution < -0.4 is 19.1 Å². The highest BCUT2D eigenvalue weighted by Crippen LogP contribution is 2.27. The normalized spacial score (nSPS) is 11.7. The number of sulfonamides is 1. The standard InChI is InChI=1S/C33H34ClN3O6S/c1-35-33(39)31(21-24-8-5-4-6-9-24)36(22-25-10-7-11-29(20-25)43-3)32(38)23-37(27-14-12-26(34)13-15-27)44(40,41)30-18-16-28(42-2)17-19-30/h4-20,31H,21-23H2,1-3H3,(H,35,39). The number of ether oxygens (including phenoxy) is 2. The number of carbonyl (C=O) groups is 2. The van der Waals surface area contributed by atoms with Gasteiger partial charge < -0.3 is 19.7 Å². The van der Waals surface area contributed by atoms with Crippen molar-refractivity contribution in [2.24, 2.45) is 0 Å². The van der Waals surface area contributed by atoms with Gasteiger partial charge in [0, 0.05) is 25.0 Å². The molecule has 4 aromatic rings. The Bertz CT molecular complexity index is 1670. The highest BCUT2D eigenvalue weighted by atomic mass is 35.5. The SMILES string of the molecule is CNC(=O)C(Cc1ccccc1)N(Cc1cccc(OC)c1)C(=O)CN(c1ccc(Cl)cc1)S(=O)(=O)c1ccc(OC)cc1. The third-order valence-corrected chi connectivity index (χ3v) is 9.09. The van der Waals surface area contributed by atoms with Crippen LogP contribution in [-0.2, 0) is 32.6 Å². The van der Waals surface area contributed by atoms with Crippen molar-refractivity contribution in [1.82, 2.24) is 10.2 Å². The summed E-state index contributed by atoms with van der Waals surface area (Å²) >= 11 is 6.11. The number of hydrogen-bond donors (Lipinski definition) is 1. The molecule has 11 heteroatoms. The molecule has 2 amide bonds. The molecule has 0 fully saturated rings. The van der Waals surface area contributed by atoms with Gasteiger partial charge >= 0.3 is 0 Å². The summed E-state index contributed by atoms with van der Waals surface area (Å²) in [7, 11) is 0.279. The Balaban J connectivity index is 1.79. The van der Waals surface area contributed by atoms with Crippen LogP contribution in [0, 0.1) is 0 Å². The molecule has 0 heterocycles. The average Bonchev–Trinajstić information content (AvgIpc) is 3.05. The van der Waals surface area contributed by atoms with E-state index in [4.69, 9.17) is 21.1 Å². The van der Waals surface area contributed by atoms with Crippen LogP contribution in [0.15, 0.2) is 108 Å². The Morgan fingerprint density at radius 1 is 0.818 bits per heavy atom. The van der Waals surface area contributed by atoms with Crippen LogP contribution in [0.25, 0.3) is 0 Å². The molecule has 4 aromatic carbocycles. The summed E-state index contributed by atoms with van der Waals surface area (Å²) in [5, 5.41) is 3.08. The second kappa shape index (κ2) is 14.8. The fourth-order valence-corrected chi connectivity index (χ4v) is 6.24. The monoisotopic (exact) mass is 635 g/mol. The first-order chi connectivity index (χ1) is 21.2. The second-order valence-electron chi connectivity index (χ2n) is 9.86. The predicted molar refractivity (Wildman–Crippen MR) is 171 cm³/mol. The molecule has 0 aliphatic carbocycles. The minimum atomic E-state index is -4.25. The molecule has 0 aliphatic heterocycles. The number of nitrogens with one attached hydrogen (secondary N) is 1. The highest BCUT2D eigenvalue weighted by Gasteiger charge is 2.34. The maximum absolute atomic E-state index is 14.3. The van der Waals surface area contributed by atoms with E-state index in [1.54, 1.807) is 37.4 Å². The molecular weight excluding hydrogens is 602 g/mol. The number of likely N-dealkylation sites (N-methyl/N-ethyl adjacent to an activating group) is 1. The molecule has 0 aromatic heterocycles. The van der Waals surface area contributed by atoms with Gasteiger partial charge in [-0.1, -0.05) is 54.1 Å². The van der Waals surface area contributed by atoms with E-state index in [2.05, 4.69) is 5.32 Å². The summed E-state index contributed by atoms with van der Waals surface area (Å²) in [5.74, 6) is 0.0988. The number of hydrogen-bond acceptors (Lipinski definition) is 6. The largest absolute Gasteiger partial charge is 0.497 e. The van der Waals surface area contributed by atoms with Crippen molar-refractivity contribution in [3.63, 3.8) is 0 Å². The van der Waals surface area contributed by atoms with Crippen molar-refractivity contribution in [2.45, 2.75) is 23.9 Å². The first-order valence-corrected chi connectivity index (χ1v) is 15.6. The van der Waals surface area contributed by atoms with Crippen LogP contribution in [0.2, 0.25) is 5.02 Å². The maximum Gasteiger partial charge on any atom is 0.264 e. The number of anilines is 1. The van der Waals surface area contributed by atoms with Crippen LogP contribution in [0.5, 0.6) is 11.5 Å². The molecule has 0 spiro atoms. The van der Waals surface area contributed by atoms with E-state index in [0.29, 0.717) is 22.1 Å². The topological polar surface area (TPSA) is 105 Å². The van der Waals surface area contributed by atoms with Gasteiger partial charge in [-0.05, 0) is 71.8 Å². The van der Waals surface area contributed by atoms with Gasteiger partial charge in [-0.2, -0.15) is 0 Å². The van der Waals surface area contributed by atoms with Gasteiger partial charge in [-0.25, -0.2) is 8.42 Å². The Kier molecular flexibility index (Phi) is 10.9.